The van der Waals surface area contributed by atoms with Gasteiger partial charge < -0.3 is 17.1 Å². The molecule has 0 rings (SSSR count). The Hall–Kier alpha value is 0.350. The van der Waals surface area contributed by atoms with Crippen molar-refractivity contribution in [2.24, 2.45) is 5.73 Å². The number of ether oxygens (including phenoxy) is 1. The first-order chi connectivity index (χ1) is 14.0. The van der Waals surface area contributed by atoms with E-state index in [1.165, 1.54) is 95.0 Å². The summed E-state index contributed by atoms with van der Waals surface area (Å²) in [6.07, 6.45) is 21.1. The van der Waals surface area contributed by atoms with Gasteiger partial charge in [0.25, 0.3) is 0 Å². The molecule has 0 saturated carbocycles. The largest absolute Gasteiger partial charge is 1.00 e. The van der Waals surface area contributed by atoms with Gasteiger partial charge in [-0.15, -0.1) is 0 Å². The molecule has 30 heavy (non-hydrogen) atoms. The minimum absolute atomic E-state index is 0. The van der Waals surface area contributed by atoms with Crippen LogP contribution in [0.25, 0.3) is 0 Å². The molecule has 0 aliphatic rings. The van der Waals surface area contributed by atoms with Gasteiger partial charge in [0.05, 0.1) is 12.6 Å². The van der Waals surface area contributed by atoms with E-state index >= 15 is 0 Å². The van der Waals surface area contributed by atoms with Gasteiger partial charge in [-0.2, -0.15) is 5.06 Å². The fourth-order valence-corrected chi connectivity index (χ4v) is 3.62. The van der Waals surface area contributed by atoms with Crippen LogP contribution in [0.4, 0.5) is 0 Å². The average Bonchev–Trinajstić information content (AvgIpc) is 2.72. The first kappa shape index (κ1) is 32.5. The van der Waals surface area contributed by atoms with Crippen LogP contribution in [-0.2, 0) is 9.53 Å². The minimum Gasteiger partial charge on any atom is -1.00 e. The minimum atomic E-state index is -0.430. The second kappa shape index (κ2) is 24.0. The van der Waals surface area contributed by atoms with Crippen LogP contribution in [0, 0.1) is 0 Å². The fraction of sp³-hybridized carbons (Fsp3) is 0.958. The monoisotopic (exact) mass is 438 g/mol. The maximum Gasteiger partial charge on any atom is 1.00 e. The summed E-state index contributed by atoms with van der Waals surface area (Å²) in [7, 11) is 0. The van der Waals surface area contributed by atoms with Crippen molar-refractivity contribution in [1.82, 2.24) is 5.06 Å². The van der Waals surface area contributed by atoms with Gasteiger partial charge in [0.1, 0.15) is 6.10 Å². The summed E-state index contributed by atoms with van der Waals surface area (Å²) < 4.78 is 5.15. The van der Waals surface area contributed by atoms with Crippen molar-refractivity contribution in [3.8, 4) is 0 Å². The molecular formula is C24H51N2NaO3. The van der Waals surface area contributed by atoms with E-state index in [9.17, 15) is 10.0 Å². The molecule has 0 bridgehead atoms. The normalized spacial score (nSPS) is 13.1. The molecule has 3 N–H and O–H groups in total. The van der Waals surface area contributed by atoms with Crippen LogP contribution >= 0.6 is 0 Å². The Balaban J connectivity index is -0.00000392. The number of nitrogens with two attached hydrogens (primary N) is 1. The predicted molar refractivity (Wildman–Crippen MR) is 123 cm³/mol. The van der Waals surface area contributed by atoms with Gasteiger partial charge in [-0.05, 0) is 20.3 Å². The quantitative estimate of drug-likeness (QED) is 0.124. The van der Waals surface area contributed by atoms with Crippen molar-refractivity contribution < 1.29 is 45.7 Å². The van der Waals surface area contributed by atoms with Gasteiger partial charge in [0.15, 0.2) is 0 Å². The van der Waals surface area contributed by atoms with Crippen LogP contribution in [0.15, 0.2) is 0 Å². The third kappa shape index (κ3) is 20.3. The van der Waals surface area contributed by atoms with Gasteiger partial charge in [-0.3, -0.25) is 4.79 Å². The summed E-state index contributed by atoms with van der Waals surface area (Å²) in [5.74, 6) is -0.430. The third-order valence-electron chi connectivity index (χ3n) is 5.87. The third-order valence-corrected chi connectivity index (χ3v) is 5.87. The molecule has 0 amide bonds. The number of unbranched alkanes of at least 4 members (excludes halogenated alkanes) is 15. The van der Waals surface area contributed by atoms with Crippen LogP contribution < -0.4 is 35.3 Å². The van der Waals surface area contributed by atoms with E-state index in [0.29, 0.717) is 6.54 Å². The van der Waals surface area contributed by atoms with Crippen molar-refractivity contribution >= 4 is 5.97 Å². The SMILES string of the molecule is CCCCCCCCCCCCCCCCCCN(O)C(C)C(C)OC(=O)CN.[H-].[Na+]. The number of hydroxylamine groups is 2. The molecule has 0 heterocycles. The summed E-state index contributed by atoms with van der Waals surface area (Å²) in [4.78, 5) is 11.2. The Morgan fingerprint density at radius 2 is 1.20 bits per heavy atom. The molecule has 0 aromatic carbocycles. The molecule has 0 radical (unpaired) electrons. The predicted octanol–water partition coefficient (Wildman–Crippen LogP) is 3.33. The Morgan fingerprint density at radius 1 is 0.833 bits per heavy atom. The van der Waals surface area contributed by atoms with Crippen LogP contribution in [0.3, 0.4) is 0 Å². The van der Waals surface area contributed by atoms with E-state index < -0.39 is 5.97 Å². The molecule has 0 fully saturated rings. The smallest absolute Gasteiger partial charge is 1.00 e. The summed E-state index contributed by atoms with van der Waals surface area (Å²) in [6.45, 7) is 6.42. The Bertz CT molecular complexity index is 379. The molecule has 2 atom stereocenters. The van der Waals surface area contributed by atoms with Crippen LogP contribution in [-0.4, -0.2) is 41.5 Å². The standard InChI is InChI=1S/C24H50N2O3.Na.H/c1-4-5-6-7-8-9-10-11-12-13-14-15-16-17-18-19-20-26(28)22(2)23(3)29-24(27)21-25;;/h22-23,28H,4-21,25H2,1-3H3;;/q;+1;-1. The van der Waals surface area contributed by atoms with Gasteiger partial charge in [0.2, 0.25) is 0 Å². The molecule has 0 spiro atoms. The van der Waals surface area contributed by atoms with Gasteiger partial charge in [-0.1, -0.05) is 103 Å². The maximum atomic E-state index is 11.2. The molecular weight excluding hydrogens is 387 g/mol. The zero-order valence-corrected chi connectivity index (χ0v) is 22.7. The second-order valence-corrected chi connectivity index (χ2v) is 8.61. The zero-order valence-electron chi connectivity index (χ0n) is 21.7. The molecule has 5 nitrogen and oxygen atoms in total. The number of hydrogen-bond acceptors (Lipinski definition) is 5. The van der Waals surface area contributed by atoms with Crippen molar-refractivity contribution in [2.45, 2.75) is 136 Å². The molecule has 0 aliphatic carbocycles. The summed E-state index contributed by atoms with van der Waals surface area (Å²) >= 11 is 0. The Kier molecular flexibility index (Phi) is 26.0. The first-order valence-electron chi connectivity index (χ1n) is 12.4. The van der Waals surface area contributed by atoms with Crippen LogP contribution in [0.1, 0.15) is 125 Å². The molecule has 0 aromatic heterocycles. The molecule has 176 valence electrons. The zero-order chi connectivity index (χ0) is 21.7. The number of hydrogen-bond donors (Lipinski definition) is 2. The van der Waals surface area contributed by atoms with Crippen molar-refractivity contribution in [1.29, 1.82) is 0 Å². The van der Waals surface area contributed by atoms with E-state index in [-0.39, 0.29) is 49.7 Å². The molecule has 6 heteroatoms. The van der Waals surface area contributed by atoms with Gasteiger partial charge in [-0.25, -0.2) is 0 Å². The second-order valence-electron chi connectivity index (χ2n) is 8.61. The van der Waals surface area contributed by atoms with Gasteiger partial charge >= 0.3 is 35.5 Å². The number of nitrogens with zero attached hydrogens (tertiary/aromatic N) is 1. The number of rotatable bonds is 21. The molecule has 2 unspecified atom stereocenters. The number of carbonyl (C=O) groups is 1. The van der Waals surface area contributed by atoms with E-state index in [2.05, 4.69) is 6.92 Å². The van der Waals surface area contributed by atoms with E-state index in [1.807, 2.05) is 6.92 Å². The fourth-order valence-electron chi connectivity index (χ4n) is 3.62. The summed E-state index contributed by atoms with van der Waals surface area (Å²) in [5.41, 5.74) is 5.25. The average molecular weight is 439 g/mol. The number of esters is 1. The summed E-state index contributed by atoms with van der Waals surface area (Å²) in [5, 5.41) is 11.4. The number of carbonyl (C=O) groups excluding carboxylic acids is 1. The van der Waals surface area contributed by atoms with Crippen LogP contribution in [0.2, 0.25) is 0 Å². The van der Waals surface area contributed by atoms with E-state index in [4.69, 9.17) is 10.5 Å². The topological polar surface area (TPSA) is 75.8 Å². The molecule has 0 aromatic rings. The van der Waals surface area contributed by atoms with Gasteiger partial charge in [0, 0.05) is 6.54 Å². The Morgan fingerprint density at radius 3 is 1.57 bits per heavy atom. The first-order valence-corrected chi connectivity index (χ1v) is 12.4. The van der Waals surface area contributed by atoms with Crippen molar-refractivity contribution in [3.05, 3.63) is 0 Å². The van der Waals surface area contributed by atoms with Crippen molar-refractivity contribution in [2.75, 3.05) is 13.1 Å². The van der Waals surface area contributed by atoms with E-state index in [1.54, 1.807) is 6.92 Å². The maximum absolute atomic E-state index is 11.2. The Labute approximate surface area is 210 Å². The molecule has 0 saturated heterocycles. The van der Waals surface area contributed by atoms with E-state index in [0.717, 1.165) is 12.8 Å². The molecule has 0 aliphatic heterocycles. The van der Waals surface area contributed by atoms with Crippen LogP contribution in [0.5, 0.6) is 0 Å². The van der Waals surface area contributed by atoms with Crippen molar-refractivity contribution in [3.63, 3.8) is 0 Å². The summed E-state index contributed by atoms with van der Waals surface area (Å²) in [6, 6.07) is -0.221.